The number of sulfonamides is 1. The first-order valence-corrected chi connectivity index (χ1v) is 10.1. The van der Waals surface area contributed by atoms with E-state index in [1.54, 1.807) is 12.1 Å². The zero-order valence-electron chi connectivity index (χ0n) is 14.6. The van der Waals surface area contributed by atoms with Gasteiger partial charge in [-0.2, -0.15) is 4.31 Å². The normalized spacial score (nSPS) is 22.1. The Morgan fingerprint density at radius 3 is 2.36 bits per heavy atom. The molecule has 3 atom stereocenters. The Morgan fingerprint density at radius 1 is 1.04 bits per heavy atom. The lowest BCUT2D eigenvalue weighted by Gasteiger charge is -2.06. The van der Waals surface area contributed by atoms with E-state index < -0.39 is 10.0 Å². The molecule has 0 saturated carbocycles. The lowest BCUT2D eigenvalue weighted by molar-refractivity contribution is 0.551. The number of aryl methyl sites for hydroxylation is 1. The van der Waals surface area contributed by atoms with Crippen LogP contribution in [-0.2, 0) is 10.0 Å². The summed E-state index contributed by atoms with van der Waals surface area (Å²) >= 11 is 0. The van der Waals surface area contributed by atoms with Gasteiger partial charge in [-0.3, -0.25) is 0 Å². The summed E-state index contributed by atoms with van der Waals surface area (Å²) in [6.07, 6.45) is 2.94. The van der Waals surface area contributed by atoms with Gasteiger partial charge in [-0.05, 0) is 31.0 Å². The number of rotatable bonds is 5. The lowest BCUT2D eigenvalue weighted by Crippen LogP contribution is -2.14. The Hall–Kier alpha value is -2.09. The molecule has 1 fully saturated rings. The van der Waals surface area contributed by atoms with Gasteiger partial charge in [0.25, 0.3) is 0 Å². The van der Waals surface area contributed by atoms with Gasteiger partial charge in [0.05, 0.1) is 10.9 Å². The zero-order chi connectivity index (χ0) is 17.9. The van der Waals surface area contributed by atoms with Crippen LogP contribution in [0.3, 0.4) is 0 Å². The van der Waals surface area contributed by atoms with E-state index in [0.717, 1.165) is 30.4 Å². The monoisotopic (exact) mass is 353 g/mol. The minimum absolute atomic E-state index is 0.193. The van der Waals surface area contributed by atoms with Crippen LogP contribution in [0.2, 0.25) is 0 Å². The molecule has 25 heavy (non-hydrogen) atoms. The van der Waals surface area contributed by atoms with E-state index in [1.807, 2.05) is 49.4 Å². The number of hydrogen-bond donors (Lipinski definition) is 0. The molecule has 1 unspecified atom stereocenters. The molecule has 0 aliphatic carbocycles. The highest BCUT2D eigenvalue weighted by Crippen LogP contribution is 2.47. The van der Waals surface area contributed by atoms with Gasteiger partial charge in [0.1, 0.15) is 6.04 Å². The highest BCUT2D eigenvalue weighted by molar-refractivity contribution is 7.89. The van der Waals surface area contributed by atoms with E-state index in [1.165, 1.54) is 4.31 Å². The summed E-state index contributed by atoms with van der Waals surface area (Å²) in [6.45, 7) is 4.07. The SMILES string of the molecule is CCCCC#C[C@H]1[C@@H](c2ccccc2)N1S(=O)(=O)c1ccc(C)cc1. The molecule has 2 aromatic rings. The molecule has 0 amide bonds. The van der Waals surface area contributed by atoms with Crippen LogP contribution in [0.15, 0.2) is 59.5 Å². The van der Waals surface area contributed by atoms with Crippen LogP contribution in [0.1, 0.15) is 43.4 Å². The number of nitrogens with zero attached hydrogens (tertiary/aromatic N) is 1. The topological polar surface area (TPSA) is 37.1 Å². The molecular weight excluding hydrogens is 330 g/mol. The van der Waals surface area contributed by atoms with Crippen molar-refractivity contribution in [3.63, 3.8) is 0 Å². The first-order valence-electron chi connectivity index (χ1n) is 8.69. The van der Waals surface area contributed by atoms with Crippen molar-refractivity contribution in [3.05, 3.63) is 65.7 Å². The van der Waals surface area contributed by atoms with Gasteiger partial charge >= 0.3 is 0 Å². The van der Waals surface area contributed by atoms with Crippen LogP contribution in [0.5, 0.6) is 0 Å². The average molecular weight is 353 g/mol. The van der Waals surface area contributed by atoms with Crippen molar-refractivity contribution in [3.8, 4) is 11.8 Å². The highest BCUT2D eigenvalue weighted by Gasteiger charge is 2.55. The summed E-state index contributed by atoms with van der Waals surface area (Å²) in [7, 11) is -3.54. The maximum absolute atomic E-state index is 13.0. The molecule has 1 saturated heterocycles. The molecule has 3 nitrogen and oxygen atoms in total. The summed E-state index contributed by atoms with van der Waals surface area (Å²) in [4.78, 5) is 0.330. The van der Waals surface area contributed by atoms with E-state index in [2.05, 4.69) is 18.8 Å². The molecule has 0 bridgehead atoms. The van der Waals surface area contributed by atoms with Crippen LogP contribution in [0, 0.1) is 18.8 Å². The van der Waals surface area contributed by atoms with E-state index in [4.69, 9.17) is 0 Å². The Morgan fingerprint density at radius 2 is 1.72 bits per heavy atom. The molecule has 0 radical (unpaired) electrons. The van der Waals surface area contributed by atoms with Crippen molar-refractivity contribution in [1.82, 2.24) is 4.31 Å². The van der Waals surface area contributed by atoms with Crippen LogP contribution in [0.4, 0.5) is 0 Å². The Balaban J connectivity index is 1.90. The summed E-state index contributed by atoms with van der Waals surface area (Å²) < 4.78 is 27.6. The summed E-state index contributed by atoms with van der Waals surface area (Å²) in [5.41, 5.74) is 2.04. The lowest BCUT2D eigenvalue weighted by atomic mass is 10.1. The summed E-state index contributed by atoms with van der Waals surface area (Å²) in [5, 5.41) is 0. The highest BCUT2D eigenvalue weighted by atomic mass is 32.2. The second-order valence-electron chi connectivity index (χ2n) is 6.37. The van der Waals surface area contributed by atoms with Crippen LogP contribution >= 0.6 is 0 Å². The van der Waals surface area contributed by atoms with Gasteiger partial charge in [0.15, 0.2) is 0 Å². The zero-order valence-corrected chi connectivity index (χ0v) is 15.5. The molecule has 1 heterocycles. The van der Waals surface area contributed by atoms with E-state index in [-0.39, 0.29) is 12.1 Å². The van der Waals surface area contributed by atoms with E-state index in [9.17, 15) is 8.42 Å². The van der Waals surface area contributed by atoms with Crippen molar-refractivity contribution >= 4 is 10.0 Å². The first-order chi connectivity index (χ1) is 12.1. The second-order valence-corrected chi connectivity index (χ2v) is 8.22. The fourth-order valence-corrected chi connectivity index (χ4v) is 4.58. The fraction of sp³-hybridized carbons (Fsp3) is 0.333. The molecule has 0 aromatic heterocycles. The predicted octanol–water partition coefficient (Wildman–Crippen LogP) is 4.30. The molecule has 130 valence electrons. The van der Waals surface area contributed by atoms with Crippen LogP contribution in [-0.4, -0.2) is 18.8 Å². The number of benzene rings is 2. The van der Waals surface area contributed by atoms with Gasteiger partial charge in [0.2, 0.25) is 10.0 Å². The Kier molecular flexibility index (Phi) is 5.27. The van der Waals surface area contributed by atoms with E-state index >= 15 is 0 Å². The Bertz CT molecular complexity index is 877. The van der Waals surface area contributed by atoms with Gasteiger partial charge in [-0.1, -0.05) is 67.3 Å². The summed E-state index contributed by atoms with van der Waals surface area (Å²) in [5.74, 6) is 6.33. The molecule has 1 aliphatic rings. The van der Waals surface area contributed by atoms with Gasteiger partial charge in [0, 0.05) is 6.42 Å². The second kappa shape index (κ2) is 7.43. The maximum atomic E-state index is 13.0. The van der Waals surface area contributed by atoms with E-state index in [0.29, 0.717) is 4.90 Å². The third-order valence-corrected chi connectivity index (χ3v) is 6.28. The van der Waals surface area contributed by atoms with Gasteiger partial charge in [-0.15, -0.1) is 5.92 Å². The largest absolute Gasteiger partial charge is 0.244 e. The third kappa shape index (κ3) is 3.78. The van der Waals surface area contributed by atoms with Gasteiger partial charge in [-0.25, -0.2) is 8.42 Å². The molecule has 3 rings (SSSR count). The fourth-order valence-electron chi connectivity index (χ4n) is 2.91. The van der Waals surface area contributed by atoms with Crippen molar-refractivity contribution in [2.75, 3.05) is 0 Å². The maximum Gasteiger partial charge on any atom is 0.244 e. The molecular formula is C21H23NO2S. The van der Waals surface area contributed by atoms with Crippen molar-refractivity contribution < 1.29 is 8.42 Å². The number of hydrogen-bond acceptors (Lipinski definition) is 2. The minimum atomic E-state index is -3.54. The van der Waals surface area contributed by atoms with Crippen LogP contribution in [0.25, 0.3) is 0 Å². The van der Waals surface area contributed by atoms with Crippen LogP contribution < -0.4 is 0 Å². The minimum Gasteiger partial charge on any atom is -0.207 e. The smallest absolute Gasteiger partial charge is 0.207 e. The molecule has 2 aromatic carbocycles. The summed E-state index contributed by atoms with van der Waals surface area (Å²) in [6, 6.07) is 16.3. The Labute approximate surface area is 150 Å². The molecule has 0 spiro atoms. The molecule has 1 aliphatic heterocycles. The standard InChI is InChI=1S/C21H23NO2S/c1-3-4-5-9-12-20-21(18-10-7-6-8-11-18)22(20)25(23,24)19-15-13-17(2)14-16-19/h6-8,10-11,13-16,20-21H,3-5H2,1-2H3/t20-,21+,22?/m0/s1. The molecule has 4 heteroatoms. The third-order valence-electron chi connectivity index (χ3n) is 4.40. The molecule has 0 N–H and O–H groups in total. The average Bonchev–Trinajstić information content (AvgIpc) is 3.35. The quantitative estimate of drug-likeness (QED) is 0.456. The first kappa shape index (κ1) is 17.7. The van der Waals surface area contributed by atoms with Crippen molar-refractivity contribution in [1.29, 1.82) is 0 Å². The van der Waals surface area contributed by atoms with Gasteiger partial charge < -0.3 is 0 Å². The van der Waals surface area contributed by atoms with Crippen molar-refractivity contribution in [2.45, 2.75) is 50.1 Å². The number of unbranched alkanes of at least 4 members (excludes halogenated alkanes) is 2. The predicted molar refractivity (Wildman–Crippen MR) is 100 cm³/mol. The van der Waals surface area contributed by atoms with Crippen molar-refractivity contribution in [2.24, 2.45) is 0 Å².